The molecular weight excluding hydrogens is 244 g/mol. The highest BCUT2D eigenvalue weighted by atomic mass is 16.5. The van der Waals surface area contributed by atoms with Crippen molar-refractivity contribution in [1.82, 2.24) is 15.2 Å². The van der Waals surface area contributed by atoms with E-state index in [0.29, 0.717) is 12.3 Å². The van der Waals surface area contributed by atoms with E-state index in [1.807, 2.05) is 6.07 Å². The van der Waals surface area contributed by atoms with Crippen LogP contribution in [0.5, 0.6) is 0 Å². The summed E-state index contributed by atoms with van der Waals surface area (Å²) in [6, 6.07) is 3.61. The van der Waals surface area contributed by atoms with Gasteiger partial charge in [0, 0.05) is 52.7 Å². The Morgan fingerprint density at radius 3 is 2.84 bits per heavy atom. The number of rotatable bonds is 8. The zero-order valence-corrected chi connectivity index (χ0v) is 11.8. The maximum absolute atomic E-state index is 11.8. The summed E-state index contributed by atoms with van der Waals surface area (Å²) >= 11 is 0. The summed E-state index contributed by atoms with van der Waals surface area (Å²) < 4.78 is 4.94. The summed E-state index contributed by atoms with van der Waals surface area (Å²) in [7, 11) is 5.11. The quantitative estimate of drug-likeness (QED) is 0.668. The lowest BCUT2D eigenvalue weighted by molar-refractivity contribution is 0.0822. The Hall–Kier alpha value is -1.66. The molecule has 1 aromatic rings. The van der Waals surface area contributed by atoms with Crippen molar-refractivity contribution in [2.45, 2.75) is 0 Å². The van der Waals surface area contributed by atoms with Gasteiger partial charge in [-0.2, -0.15) is 0 Å². The number of amides is 1. The Kier molecular flexibility index (Phi) is 6.84. The second-order valence-electron chi connectivity index (χ2n) is 4.30. The molecule has 19 heavy (non-hydrogen) atoms. The standard InChI is InChI=1S/C13H22N4O2/c1-17(2)13(18)12-10-11(4-5-16-12)15-7-6-14-8-9-19-3/h4-5,10,14H,6-9H2,1-3H3,(H,15,16). The second kappa shape index (κ2) is 8.44. The molecule has 0 fully saturated rings. The molecule has 1 rings (SSSR count). The number of anilines is 1. The fourth-order valence-electron chi connectivity index (χ4n) is 1.48. The van der Waals surface area contributed by atoms with E-state index in [4.69, 9.17) is 4.74 Å². The topological polar surface area (TPSA) is 66.5 Å². The number of methoxy groups -OCH3 is 1. The summed E-state index contributed by atoms with van der Waals surface area (Å²) in [5.74, 6) is -0.0955. The molecule has 1 amide bonds. The van der Waals surface area contributed by atoms with E-state index in [-0.39, 0.29) is 5.91 Å². The van der Waals surface area contributed by atoms with Crippen LogP contribution in [0.1, 0.15) is 10.5 Å². The van der Waals surface area contributed by atoms with Crippen LogP contribution < -0.4 is 10.6 Å². The average Bonchev–Trinajstić information content (AvgIpc) is 2.42. The van der Waals surface area contributed by atoms with E-state index in [1.54, 1.807) is 33.5 Å². The Balaban J connectivity index is 2.38. The molecule has 6 nitrogen and oxygen atoms in total. The zero-order chi connectivity index (χ0) is 14.1. The maximum Gasteiger partial charge on any atom is 0.272 e. The Bertz CT molecular complexity index is 396. The SMILES string of the molecule is COCCNCCNc1ccnc(C(=O)N(C)C)c1. The van der Waals surface area contributed by atoms with Gasteiger partial charge in [0.1, 0.15) is 5.69 Å². The van der Waals surface area contributed by atoms with Gasteiger partial charge in [-0.15, -0.1) is 0 Å². The Morgan fingerprint density at radius 1 is 1.37 bits per heavy atom. The Morgan fingerprint density at radius 2 is 2.16 bits per heavy atom. The predicted molar refractivity (Wildman–Crippen MR) is 75.5 cm³/mol. The number of nitrogens with one attached hydrogen (secondary N) is 2. The van der Waals surface area contributed by atoms with E-state index in [9.17, 15) is 4.79 Å². The minimum Gasteiger partial charge on any atom is -0.384 e. The maximum atomic E-state index is 11.8. The minimum absolute atomic E-state index is 0.0955. The van der Waals surface area contributed by atoms with Crippen LogP contribution in [0.2, 0.25) is 0 Å². The number of carbonyl (C=O) groups excluding carboxylic acids is 1. The van der Waals surface area contributed by atoms with Crippen LogP contribution in [-0.2, 0) is 4.74 Å². The third kappa shape index (κ3) is 5.67. The third-order valence-corrected chi connectivity index (χ3v) is 2.50. The third-order valence-electron chi connectivity index (χ3n) is 2.50. The highest BCUT2D eigenvalue weighted by molar-refractivity contribution is 5.92. The van der Waals surface area contributed by atoms with Crippen LogP contribution in [0, 0.1) is 0 Å². The summed E-state index contributed by atoms with van der Waals surface area (Å²) in [6.07, 6.45) is 1.64. The first-order valence-electron chi connectivity index (χ1n) is 6.26. The lowest BCUT2D eigenvalue weighted by Crippen LogP contribution is -2.26. The van der Waals surface area contributed by atoms with Crippen LogP contribution in [0.4, 0.5) is 5.69 Å². The highest BCUT2D eigenvalue weighted by Crippen LogP contribution is 2.08. The molecule has 0 bridgehead atoms. The van der Waals surface area contributed by atoms with Crippen molar-refractivity contribution in [2.75, 3.05) is 52.8 Å². The molecule has 2 N–H and O–H groups in total. The van der Waals surface area contributed by atoms with Crippen LogP contribution >= 0.6 is 0 Å². The molecule has 0 saturated carbocycles. The smallest absolute Gasteiger partial charge is 0.272 e. The first-order chi connectivity index (χ1) is 9.15. The van der Waals surface area contributed by atoms with Gasteiger partial charge >= 0.3 is 0 Å². The van der Waals surface area contributed by atoms with Crippen LogP contribution in [0.25, 0.3) is 0 Å². The van der Waals surface area contributed by atoms with Gasteiger partial charge in [-0.05, 0) is 12.1 Å². The van der Waals surface area contributed by atoms with Crippen LogP contribution in [0.15, 0.2) is 18.3 Å². The molecule has 0 saturated heterocycles. The van der Waals surface area contributed by atoms with Crippen molar-refractivity contribution in [3.63, 3.8) is 0 Å². The summed E-state index contributed by atoms with van der Waals surface area (Å²) in [6.45, 7) is 3.15. The molecule has 0 aliphatic carbocycles. The average molecular weight is 266 g/mol. The van der Waals surface area contributed by atoms with Crippen LogP contribution in [0.3, 0.4) is 0 Å². The molecule has 0 radical (unpaired) electrons. The summed E-state index contributed by atoms with van der Waals surface area (Å²) in [5.41, 5.74) is 1.34. The van der Waals surface area contributed by atoms with Gasteiger partial charge in [0.25, 0.3) is 5.91 Å². The number of aromatic nitrogens is 1. The molecule has 6 heteroatoms. The van der Waals surface area contributed by atoms with E-state index in [0.717, 1.165) is 25.3 Å². The molecule has 106 valence electrons. The molecular formula is C13H22N4O2. The Labute approximate surface area is 114 Å². The van der Waals surface area contributed by atoms with Crippen LogP contribution in [-0.4, -0.2) is 63.2 Å². The molecule has 0 unspecified atom stereocenters. The lowest BCUT2D eigenvalue weighted by Gasteiger charge is -2.11. The van der Waals surface area contributed by atoms with Gasteiger partial charge in [-0.3, -0.25) is 9.78 Å². The van der Waals surface area contributed by atoms with E-state index >= 15 is 0 Å². The van der Waals surface area contributed by atoms with E-state index < -0.39 is 0 Å². The van der Waals surface area contributed by atoms with Crippen molar-refractivity contribution >= 4 is 11.6 Å². The van der Waals surface area contributed by atoms with Crippen molar-refractivity contribution in [1.29, 1.82) is 0 Å². The minimum atomic E-state index is -0.0955. The molecule has 1 heterocycles. The summed E-state index contributed by atoms with van der Waals surface area (Å²) in [4.78, 5) is 17.3. The van der Waals surface area contributed by atoms with E-state index in [1.165, 1.54) is 4.90 Å². The number of hydrogen-bond acceptors (Lipinski definition) is 5. The molecule has 1 aromatic heterocycles. The van der Waals surface area contributed by atoms with Gasteiger partial charge in [-0.25, -0.2) is 0 Å². The fraction of sp³-hybridized carbons (Fsp3) is 0.538. The van der Waals surface area contributed by atoms with Crippen molar-refractivity contribution < 1.29 is 9.53 Å². The second-order valence-corrected chi connectivity index (χ2v) is 4.30. The fourth-order valence-corrected chi connectivity index (χ4v) is 1.48. The molecule has 0 spiro atoms. The number of carbonyl (C=O) groups is 1. The highest BCUT2D eigenvalue weighted by Gasteiger charge is 2.09. The lowest BCUT2D eigenvalue weighted by atomic mass is 10.3. The van der Waals surface area contributed by atoms with Gasteiger partial charge < -0.3 is 20.3 Å². The largest absolute Gasteiger partial charge is 0.384 e. The monoisotopic (exact) mass is 266 g/mol. The van der Waals surface area contributed by atoms with Gasteiger partial charge in [0.2, 0.25) is 0 Å². The predicted octanol–water partition coefficient (Wildman–Crippen LogP) is 0.431. The van der Waals surface area contributed by atoms with Crippen molar-refractivity contribution in [2.24, 2.45) is 0 Å². The van der Waals surface area contributed by atoms with Gasteiger partial charge in [0.05, 0.1) is 6.61 Å². The number of pyridine rings is 1. The first kappa shape index (κ1) is 15.4. The van der Waals surface area contributed by atoms with Gasteiger partial charge in [-0.1, -0.05) is 0 Å². The van der Waals surface area contributed by atoms with E-state index in [2.05, 4.69) is 15.6 Å². The molecule has 0 atom stereocenters. The number of ether oxygens (including phenoxy) is 1. The molecule has 0 aromatic carbocycles. The van der Waals surface area contributed by atoms with Crippen molar-refractivity contribution in [3.8, 4) is 0 Å². The van der Waals surface area contributed by atoms with Crippen molar-refractivity contribution in [3.05, 3.63) is 24.0 Å². The molecule has 0 aliphatic heterocycles. The summed E-state index contributed by atoms with van der Waals surface area (Å²) in [5, 5.41) is 6.48. The number of nitrogens with zero attached hydrogens (tertiary/aromatic N) is 2. The normalized spacial score (nSPS) is 10.3. The van der Waals surface area contributed by atoms with Gasteiger partial charge in [0.15, 0.2) is 0 Å². The number of hydrogen-bond donors (Lipinski definition) is 2. The zero-order valence-electron chi connectivity index (χ0n) is 11.8. The first-order valence-corrected chi connectivity index (χ1v) is 6.26. The molecule has 0 aliphatic rings.